The Morgan fingerprint density at radius 2 is 1.95 bits per heavy atom. The fraction of sp³-hybridized carbons (Fsp3) is 0.438. The van der Waals surface area contributed by atoms with Gasteiger partial charge in [-0.1, -0.05) is 12.1 Å². The van der Waals surface area contributed by atoms with Crippen molar-refractivity contribution in [2.75, 3.05) is 23.3 Å². The Bertz CT molecular complexity index is 593. The van der Waals surface area contributed by atoms with Gasteiger partial charge in [0.2, 0.25) is 0 Å². The molecular formula is C16H19N3. The normalized spacial score (nSPS) is 19.1. The number of aromatic nitrogens is 1. The fourth-order valence-electron chi connectivity index (χ4n) is 2.95. The maximum absolute atomic E-state index is 4.66. The van der Waals surface area contributed by atoms with E-state index in [4.69, 9.17) is 0 Å². The third-order valence-corrected chi connectivity index (χ3v) is 4.11. The lowest BCUT2D eigenvalue weighted by molar-refractivity contribution is 0.946. The first-order valence-corrected chi connectivity index (χ1v) is 7.31. The summed E-state index contributed by atoms with van der Waals surface area (Å²) in [5.41, 5.74) is 1.26. The molecule has 1 saturated heterocycles. The van der Waals surface area contributed by atoms with Gasteiger partial charge in [-0.25, -0.2) is 4.98 Å². The molecule has 4 rings (SSSR count). The monoisotopic (exact) mass is 253 g/mol. The van der Waals surface area contributed by atoms with Gasteiger partial charge in [0.15, 0.2) is 0 Å². The SMILES string of the molecule is c1cc(NC2CC2)c2c(N3CCCC3)nccc2c1. The van der Waals surface area contributed by atoms with Crippen molar-refractivity contribution in [3.05, 3.63) is 30.5 Å². The van der Waals surface area contributed by atoms with Crippen LogP contribution in [0.1, 0.15) is 25.7 Å². The first kappa shape index (κ1) is 11.1. The summed E-state index contributed by atoms with van der Waals surface area (Å²) in [6.07, 6.45) is 7.12. The van der Waals surface area contributed by atoms with E-state index in [1.54, 1.807) is 0 Å². The van der Waals surface area contributed by atoms with E-state index in [1.165, 1.54) is 48.0 Å². The van der Waals surface area contributed by atoms with Crippen molar-refractivity contribution in [3.63, 3.8) is 0 Å². The Morgan fingerprint density at radius 1 is 1.11 bits per heavy atom. The molecular weight excluding hydrogens is 234 g/mol. The van der Waals surface area contributed by atoms with Crippen LogP contribution in [0.3, 0.4) is 0 Å². The predicted molar refractivity (Wildman–Crippen MR) is 79.8 cm³/mol. The summed E-state index contributed by atoms with van der Waals surface area (Å²) < 4.78 is 0. The third-order valence-electron chi connectivity index (χ3n) is 4.11. The van der Waals surface area contributed by atoms with Crippen molar-refractivity contribution in [3.8, 4) is 0 Å². The summed E-state index contributed by atoms with van der Waals surface area (Å²) in [6.45, 7) is 2.29. The first-order chi connectivity index (χ1) is 9.42. The number of hydrogen-bond acceptors (Lipinski definition) is 3. The molecule has 1 N–H and O–H groups in total. The molecule has 2 fully saturated rings. The zero-order valence-electron chi connectivity index (χ0n) is 11.1. The van der Waals surface area contributed by atoms with Crippen LogP contribution < -0.4 is 10.2 Å². The van der Waals surface area contributed by atoms with Crippen molar-refractivity contribution in [2.24, 2.45) is 0 Å². The maximum atomic E-state index is 4.66. The Labute approximate surface area is 113 Å². The second-order valence-corrected chi connectivity index (χ2v) is 5.65. The summed E-state index contributed by atoms with van der Waals surface area (Å²) in [5, 5.41) is 6.25. The van der Waals surface area contributed by atoms with Crippen LogP contribution in [0.4, 0.5) is 11.5 Å². The van der Waals surface area contributed by atoms with Crippen molar-refractivity contribution in [1.29, 1.82) is 0 Å². The van der Waals surface area contributed by atoms with Crippen LogP contribution in [-0.4, -0.2) is 24.1 Å². The molecule has 3 heteroatoms. The lowest BCUT2D eigenvalue weighted by Gasteiger charge is -2.20. The van der Waals surface area contributed by atoms with E-state index in [-0.39, 0.29) is 0 Å². The fourth-order valence-corrected chi connectivity index (χ4v) is 2.95. The Balaban J connectivity index is 1.85. The molecule has 3 nitrogen and oxygen atoms in total. The van der Waals surface area contributed by atoms with Gasteiger partial charge in [-0.15, -0.1) is 0 Å². The van der Waals surface area contributed by atoms with Gasteiger partial charge in [0.25, 0.3) is 0 Å². The smallest absolute Gasteiger partial charge is 0.138 e. The maximum Gasteiger partial charge on any atom is 0.138 e. The molecule has 1 aliphatic carbocycles. The van der Waals surface area contributed by atoms with Gasteiger partial charge in [0.05, 0.1) is 0 Å². The third kappa shape index (κ3) is 2.03. The largest absolute Gasteiger partial charge is 0.382 e. The zero-order chi connectivity index (χ0) is 12.7. The average Bonchev–Trinajstić information content (AvgIpc) is 3.09. The highest BCUT2D eigenvalue weighted by atomic mass is 15.2. The number of anilines is 2. The minimum atomic E-state index is 0.678. The highest BCUT2D eigenvalue weighted by Crippen LogP contribution is 2.35. The van der Waals surface area contributed by atoms with Crippen LogP contribution in [0.15, 0.2) is 30.5 Å². The molecule has 2 heterocycles. The lowest BCUT2D eigenvalue weighted by atomic mass is 10.1. The molecule has 0 bridgehead atoms. The molecule has 0 spiro atoms. The topological polar surface area (TPSA) is 28.2 Å². The van der Waals surface area contributed by atoms with Crippen LogP contribution in [0.5, 0.6) is 0 Å². The molecule has 2 aliphatic rings. The van der Waals surface area contributed by atoms with E-state index in [2.05, 4.69) is 39.5 Å². The van der Waals surface area contributed by atoms with E-state index >= 15 is 0 Å². The Hall–Kier alpha value is -1.77. The van der Waals surface area contributed by atoms with E-state index in [1.807, 2.05) is 6.20 Å². The number of pyridine rings is 1. The summed E-state index contributed by atoms with van der Waals surface area (Å²) in [4.78, 5) is 7.09. The molecule has 1 aromatic heterocycles. The van der Waals surface area contributed by atoms with Crippen LogP contribution in [-0.2, 0) is 0 Å². The second kappa shape index (κ2) is 4.41. The number of benzene rings is 1. The Kier molecular flexibility index (Phi) is 2.57. The molecule has 98 valence electrons. The van der Waals surface area contributed by atoms with Gasteiger partial charge in [0, 0.05) is 36.4 Å². The highest BCUT2D eigenvalue weighted by Gasteiger charge is 2.23. The summed E-state index contributed by atoms with van der Waals surface area (Å²) >= 11 is 0. The van der Waals surface area contributed by atoms with E-state index < -0.39 is 0 Å². The van der Waals surface area contributed by atoms with Gasteiger partial charge >= 0.3 is 0 Å². The van der Waals surface area contributed by atoms with Crippen molar-refractivity contribution >= 4 is 22.3 Å². The molecule has 0 amide bonds. The molecule has 0 atom stereocenters. The number of nitrogens with one attached hydrogen (secondary N) is 1. The summed E-state index contributed by atoms with van der Waals surface area (Å²) in [6, 6.07) is 9.32. The Morgan fingerprint density at radius 3 is 2.74 bits per heavy atom. The number of hydrogen-bond donors (Lipinski definition) is 1. The lowest BCUT2D eigenvalue weighted by Crippen LogP contribution is -2.19. The van der Waals surface area contributed by atoms with Crippen LogP contribution in [0, 0.1) is 0 Å². The quantitative estimate of drug-likeness (QED) is 0.908. The minimum absolute atomic E-state index is 0.678. The van der Waals surface area contributed by atoms with Crippen LogP contribution >= 0.6 is 0 Å². The molecule has 1 saturated carbocycles. The second-order valence-electron chi connectivity index (χ2n) is 5.65. The molecule has 0 unspecified atom stereocenters. The molecule has 19 heavy (non-hydrogen) atoms. The minimum Gasteiger partial charge on any atom is -0.382 e. The average molecular weight is 253 g/mol. The van der Waals surface area contributed by atoms with Crippen molar-refractivity contribution < 1.29 is 0 Å². The molecule has 1 aromatic carbocycles. The van der Waals surface area contributed by atoms with Gasteiger partial charge in [-0.05, 0) is 43.2 Å². The molecule has 2 aromatic rings. The zero-order valence-corrected chi connectivity index (χ0v) is 11.1. The summed E-state index contributed by atoms with van der Waals surface area (Å²) in [5.74, 6) is 1.17. The van der Waals surface area contributed by atoms with Gasteiger partial charge in [0.1, 0.15) is 5.82 Å². The van der Waals surface area contributed by atoms with Crippen molar-refractivity contribution in [2.45, 2.75) is 31.7 Å². The van der Waals surface area contributed by atoms with E-state index in [0.29, 0.717) is 6.04 Å². The predicted octanol–water partition coefficient (Wildman–Crippen LogP) is 3.41. The van der Waals surface area contributed by atoms with Crippen molar-refractivity contribution in [1.82, 2.24) is 4.98 Å². The van der Waals surface area contributed by atoms with Gasteiger partial charge in [-0.3, -0.25) is 0 Å². The standard InChI is InChI=1S/C16H19N3/c1-2-11-19(10-1)16-15-12(8-9-17-16)4-3-5-14(15)18-13-6-7-13/h3-5,8-9,13,18H,1-2,6-7,10-11H2. The highest BCUT2D eigenvalue weighted by molar-refractivity contribution is 6.02. The first-order valence-electron chi connectivity index (χ1n) is 7.31. The number of rotatable bonds is 3. The van der Waals surface area contributed by atoms with Crippen LogP contribution in [0.2, 0.25) is 0 Å². The molecule has 1 aliphatic heterocycles. The van der Waals surface area contributed by atoms with E-state index in [0.717, 1.165) is 13.1 Å². The number of nitrogens with zero attached hydrogens (tertiary/aromatic N) is 2. The van der Waals surface area contributed by atoms with Gasteiger partial charge < -0.3 is 10.2 Å². The van der Waals surface area contributed by atoms with Gasteiger partial charge in [-0.2, -0.15) is 0 Å². The van der Waals surface area contributed by atoms with Crippen LogP contribution in [0.25, 0.3) is 10.8 Å². The summed E-state index contributed by atoms with van der Waals surface area (Å²) in [7, 11) is 0. The van der Waals surface area contributed by atoms with E-state index in [9.17, 15) is 0 Å². The number of fused-ring (bicyclic) bond motifs is 1. The molecule has 0 radical (unpaired) electrons.